The molecule has 0 spiro atoms. The lowest BCUT2D eigenvalue weighted by atomic mass is 10.2. The maximum Gasteiger partial charge on any atom is 0.262 e. The summed E-state index contributed by atoms with van der Waals surface area (Å²) in [6.07, 6.45) is 0. The second kappa shape index (κ2) is 5.50. The van der Waals surface area contributed by atoms with Gasteiger partial charge in [-0.3, -0.25) is 4.72 Å². The molecule has 0 atom stereocenters. The number of anilines is 2. The summed E-state index contributed by atoms with van der Waals surface area (Å²) in [5.74, 6) is -1.66. The van der Waals surface area contributed by atoms with Gasteiger partial charge < -0.3 is 5.73 Å². The maximum atomic E-state index is 13.5. The van der Waals surface area contributed by atoms with Gasteiger partial charge in [-0.05, 0) is 36.8 Å². The summed E-state index contributed by atoms with van der Waals surface area (Å²) in [4.78, 5) is -0.198. The summed E-state index contributed by atoms with van der Waals surface area (Å²) >= 11 is 5.78. The van der Waals surface area contributed by atoms with E-state index >= 15 is 0 Å². The molecule has 2 aromatic rings. The Kier molecular flexibility index (Phi) is 4.06. The number of rotatable bonds is 3. The van der Waals surface area contributed by atoms with Crippen molar-refractivity contribution in [2.75, 3.05) is 10.5 Å². The fraction of sp³-hybridized carbons (Fsp3) is 0.0769. The van der Waals surface area contributed by atoms with Crippen LogP contribution in [0.2, 0.25) is 5.02 Å². The molecule has 0 saturated heterocycles. The van der Waals surface area contributed by atoms with E-state index in [0.717, 1.165) is 18.2 Å². The summed E-state index contributed by atoms with van der Waals surface area (Å²) in [5, 5.41) is 0.123. The number of nitrogen functional groups attached to an aromatic ring is 1. The van der Waals surface area contributed by atoms with Gasteiger partial charge in [0, 0.05) is 16.8 Å². The quantitative estimate of drug-likeness (QED) is 0.847. The van der Waals surface area contributed by atoms with Crippen molar-refractivity contribution in [3.63, 3.8) is 0 Å². The van der Waals surface area contributed by atoms with Crippen LogP contribution in [0.1, 0.15) is 5.56 Å². The molecule has 4 nitrogen and oxygen atoms in total. The Balaban J connectivity index is 2.51. The van der Waals surface area contributed by atoms with E-state index in [1.165, 1.54) is 19.1 Å². The number of nitrogens with two attached hydrogens (primary N) is 1. The van der Waals surface area contributed by atoms with E-state index in [0.29, 0.717) is 0 Å². The van der Waals surface area contributed by atoms with Crippen LogP contribution in [-0.2, 0) is 10.0 Å². The van der Waals surface area contributed by atoms with Crippen molar-refractivity contribution in [2.24, 2.45) is 0 Å². The topological polar surface area (TPSA) is 72.2 Å². The predicted octanol–water partition coefficient (Wildman–Crippen LogP) is 3.31. The Bertz CT molecular complexity index is 810. The van der Waals surface area contributed by atoms with Gasteiger partial charge in [-0.2, -0.15) is 0 Å². The van der Waals surface area contributed by atoms with Crippen LogP contribution in [0.25, 0.3) is 0 Å². The molecule has 0 amide bonds. The lowest BCUT2D eigenvalue weighted by Crippen LogP contribution is -2.16. The van der Waals surface area contributed by atoms with E-state index in [2.05, 4.69) is 0 Å². The maximum absolute atomic E-state index is 13.5. The van der Waals surface area contributed by atoms with Crippen molar-refractivity contribution in [1.82, 2.24) is 0 Å². The first kappa shape index (κ1) is 15.5. The van der Waals surface area contributed by atoms with Crippen LogP contribution in [-0.4, -0.2) is 8.42 Å². The number of halogens is 3. The number of sulfonamides is 1. The molecule has 21 heavy (non-hydrogen) atoms. The molecule has 0 aromatic heterocycles. The van der Waals surface area contributed by atoms with Crippen molar-refractivity contribution < 1.29 is 17.2 Å². The van der Waals surface area contributed by atoms with Crippen LogP contribution in [0.5, 0.6) is 0 Å². The fourth-order valence-corrected chi connectivity index (χ4v) is 3.38. The number of hydrogen-bond donors (Lipinski definition) is 2. The molecule has 0 bridgehead atoms. The van der Waals surface area contributed by atoms with Gasteiger partial charge in [-0.15, -0.1) is 0 Å². The highest BCUT2D eigenvalue weighted by atomic mass is 35.5. The zero-order chi connectivity index (χ0) is 15.8. The van der Waals surface area contributed by atoms with Crippen molar-refractivity contribution >= 4 is 33.0 Å². The molecular weight excluding hydrogens is 322 g/mol. The Morgan fingerprint density at radius 1 is 1.19 bits per heavy atom. The summed E-state index contributed by atoms with van der Waals surface area (Å²) in [7, 11) is -4.15. The predicted molar refractivity (Wildman–Crippen MR) is 77.8 cm³/mol. The molecular formula is C13H11ClF2N2O2S. The third kappa shape index (κ3) is 3.25. The molecule has 0 aliphatic heterocycles. The largest absolute Gasteiger partial charge is 0.398 e. The van der Waals surface area contributed by atoms with Crippen LogP contribution in [0.15, 0.2) is 35.2 Å². The number of hydrogen-bond acceptors (Lipinski definition) is 3. The second-order valence-electron chi connectivity index (χ2n) is 4.35. The van der Waals surface area contributed by atoms with E-state index in [4.69, 9.17) is 17.3 Å². The Morgan fingerprint density at radius 2 is 1.86 bits per heavy atom. The van der Waals surface area contributed by atoms with E-state index in [9.17, 15) is 17.2 Å². The standard InChI is InChI=1S/C13H11ClF2N2O2S/c1-7-11(17)4-8(14)5-13(7)21(19,20)18-12-6-9(15)2-3-10(12)16/h2-6,18H,17H2,1H3. The Labute approximate surface area is 125 Å². The van der Waals surface area contributed by atoms with Crippen LogP contribution < -0.4 is 10.5 Å². The minimum Gasteiger partial charge on any atom is -0.398 e. The molecule has 3 N–H and O–H groups in total. The first-order chi connectivity index (χ1) is 9.70. The SMILES string of the molecule is Cc1c(N)cc(Cl)cc1S(=O)(=O)Nc1cc(F)ccc1F. The molecule has 0 unspecified atom stereocenters. The second-order valence-corrected chi connectivity index (χ2v) is 6.44. The van der Waals surface area contributed by atoms with E-state index < -0.39 is 27.3 Å². The first-order valence-corrected chi connectivity index (χ1v) is 7.60. The van der Waals surface area contributed by atoms with Crippen LogP contribution in [0.3, 0.4) is 0 Å². The molecule has 0 aliphatic carbocycles. The summed E-state index contributed by atoms with van der Waals surface area (Å²) in [6.45, 7) is 1.49. The minimum atomic E-state index is -4.15. The number of nitrogens with one attached hydrogen (secondary N) is 1. The van der Waals surface area contributed by atoms with Gasteiger partial charge in [0.2, 0.25) is 0 Å². The summed E-state index contributed by atoms with van der Waals surface area (Å²) in [6, 6.07) is 5.05. The monoisotopic (exact) mass is 332 g/mol. The lowest BCUT2D eigenvalue weighted by Gasteiger charge is -2.13. The van der Waals surface area contributed by atoms with Gasteiger partial charge in [-0.25, -0.2) is 17.2 Å². The molecule has 112 valence electrons. The zero-order valence-corrected chi connectivity index (χ0v) is 12.4. The average Bonchev–Trinajstić information content (AvgIpc) is 2.37. The summed E-state index contributed by atoms with van der Waals surface area (Å²) in [5.41, 5.74) is 5.61. The molecule has 0 fully saturated rings. The van der Waals surface area contributed by atoms with Crippen LogP contribution >= 0.6 is 11.6 Å². The van der Waals surface area contributed by atoms with Gasteiger partial charge in [0.05, 0.1) is 10.6 Å². The molecule has 2 aromatic carbocycles. The van der Waals surface area contributed by atoms with Gasteiger partial charge in [0.25, 0.3) is 10.0 Å². The summed E-state index contributed by atoms with van der Waals surface area (Å²) < 4.78 is 53.2. The van der Waals surface area contributed by atoms with Crippen molar-refractivity contribution in [2.45, 2.75) is 11.8 Å². The number of benzene rings is 2. The third-order valence-corrected chi connectivity index (χ3v) is 4.54. The van der Waals surface area contributed by atoms with E-state index in [1.54, 1.807) is 0 Å². The molecule has 0 saturated carbocycles. The van der Waals surface area contributed by atoms with E-state index in [-0.39, 0.29) is 21.2 Å². The highest BCUT2D eigenvalue weighted by Gasteiger charge is 2.21. The van der Waals surface area contributed by atoms with E-state index in [1.807, 2.05) is 4.72 Å². The Hall–Kier alpha value is -1.86. The van der Waals surface area contributed by atoms with Crippen molar-refractivity contribution in [1.29, 1.82) is 0 Å². The first-order valence-electron chi connectivity index (χ1n) is 5.74. The highest BCUT2D eigenvalue weighted by molar-refractivity contribution is 7.92. The van der Waals surface area contributed by atoms with Gasteiger partial charge in [0.1, 0.15) is 11.6 Å². The molecule has 0 aliphatic rings. The molecule has 0 radical (unpaired) electrons. The highest BCUT2D eigenvalue weighted by Crippen LogP contribution is 2.28. The van der Waals surface area contributed by atoms with Crippen molar-refractivity contribution in [3.8, 4) is 0 Å². The van der Waals surface area contributed by atoms with Gasteiger partial charge >= 0.3 is 0 Å². The molecule has 0 heterocycles. The average molecular weight is 333 g/mol. The van der Waals surface area contributed by atoms with Crippen LogP contribution in [0, 0.1) is 18.6 Å². The lowest BCUT2D eigenvalue weighted by molar-refractivity contribution is 0.594. The smallest absolute Gasteiger partial charge is 0.262 e. The molecule has 2 rings (SSSR count). The minimum absolute atomic E-state index is 0.123. The normalized spacial score (nSPS) is 11.4. The third-order valence-electron chi connectivity index (χ3n) is 2.83. The zero-order valence-electron chi connectivity index (χ0n) is 10.8. The van der Waals surface area contributed by atoms with Crippen LogP contribution in [0.4, 0.5) is 20.2 Å². The molecule has 8 heteroatoms. The fourth-order valence-electron chi connectivity index (χ4n) is 1.73. The van der Waals surface area contributed by atoms with Gasteiger partial charge in [0.15, 0.2) is 0 Å². The van der Waals surface area contributed by atoms with Crippen molar-refractivity contribution in [3.05, 3.63) is 52.6 Å². The van der Waals surface area contributed by atoms with Gasteiger partial charge in [-0.1, -0.05) is 11.6 Å². The Morgan fingerprint density at radius 3 is 2.52 bits per heavy atom.